The van der Waals surface area contributed by atoms with Crippen LogP contribution in [-0.4, -0.2) is 43.4 Å². The van der Waals surface area contributed by atoms with Crippen molar-refractivity contribution in [2.75, 3.05) is 13.7 Å². The first kappa shape index (κ1) is 25.3. The van der Waals surface area contributed by atoms with Crippen LogP contribution in [0.1, 0.15) is 58.6 Å². The van der Waals surface area contributed by atoms with Crippen LogP contribution < -0.4 is 10.1 Å². The van der Waals surface area contributed by atoms with Crippen molar-refractivity contribution in [1.29, 1.82) is 0 Å². The van der Waals surface area contributed by atoms with Gasteiger partial charge in [0.15, 0.2) is 0 Å². The van der Waals surface area contributed by atoms with Gasteiger partial charge in [-0.15, -0.1) is 0 Å². The molecule has 1 rings (SSSR count). The van der Waals surface area contributed by atoms with Gasteiger partial charge >= 0.3 is 18.0 Å². The molecule has 1 atom stereocenters. The van der Waals surface area contributed by atoms with Crippen LogP contribution in [0.4, 0.5) is 4.79 Å². The topological polar surface area (TPSA) is 100 Å². The minimum atomic E-state index is -0.965. The number of rotatable bonds is 10. The lowest BCUT2D eigenvalue weighted by atomic mass is 10.00. The van der Waals surface area contributed by atoms with Crippen molar-refractivity contribution in [3.63, 3.8) is 0 Å². The van der Waals surface area contributed by atoms with Crippen molar-refractivity contribution in [2.24, 2.45) is 0 Å². The molecule has 0 heterocycles. The number of hydrogen-bond donors (Lipinski definition) is 1. The highest BCUT2D eigenvalue weighted by Crippen LogP contribution is 2.21. The van der Waals surface area contributed by atoms with Crippen molar-refractivity contribution >= 4 is 18.0 Å². The molecule has 0 bridgehead atoms. The Balaban J connectivity index is 3.05. The summed E-state index contributed by atoms with van der Waals surface area (Å²) < 4.78 is 20.9. The van der Waals surface area contributed by atoms with Gasteiger partial charge in [-0.25, -0.2) is 9.59 Å². The molecule has 8 heteroatoms. The standard InChI is InChI=1S/C22H33NO7/c1-7-8-11-28-18-10-9-16(17(12-18)14-29-15(2)24)13-19(20(25)27-6)23-21(26)30-22(3,4)5/h9-10,12,19H,7-8,11,13-14H2,1-6H3,(H,23,26). The molecule has 1 unspecified atom stereocenters. The zero-order valence-corrected chi connectivity index (χ0v) is 18.7. The Morgan fingerprint density at radius 3 is 2.40 bits per heavy atom. The number of esters is 2. The van der Waals surface area contributed by atoms with Crippen molar-refractivity contribution in [3.8, 4) is 5.75 Å². The van der Waals surface area contributed by atoms with Gasteiger partial charge in [0.25, 0.3) is 0 Å². The van der Waals surface area contributed by atoms with E-state index in [0.717, 1.165) is 12.8 Å². The number of nitrogens with one attached hydrogen (secondary N) is 1. The quantitative estimate of drug-likeness (QED) is 0.349. The second kappa shape index (κ2) is 12.0. The van der Waals surface area contributed by atoms with E-state index in [9.17, 15) is 14.4 Å². The highest BCUT2D eigenvalue weighted by molar-refractivity contribution is 5.81. The number of ether oxygens (including phenoxy) is 4. The van der Waals surface area contributed by atoms with Gasteiger partial charge in [-0.1, -0.05) is 19.4 Å². The first-order valence-corrected chi connectivity index (χ1v) is 10.0. The maximum atomic E-state index is 12.2. The fourth-order valence-electron chi connectivity index (χ4n) is 2.54. The van der Waals surface area contributed by atoms with Gasteiger partial charge in [0.05, 0.1) is 13.7 Å². The Morgan fingerprint density at radius 1 is 1.13 bits per heavy atom. The van der Waals surface area contributed by atoms with Crippen LogP contribution >= 0.6 is 0 Å². The number of amides is 1. The molecule has 1 N–H and O–H groups in total. The fourth-order valence-corrected chi connectivity index (χ4v) is 2.54. The van der Waals surface area contributed by atoms with Crippen molar-refractivity contribution < 1.29 is 33.3 Å². The number of carbonyl (C=O) groups is 3. The third-order valence-corrected chi connectivity index (χ3v) is 3.98. The first-order valence-electron chi connectivity index (χ1n) is 10.0. The molecule has 0 saturated heterocycles. The normalized spacial score (nSPS) is 11.9. The van der Waals surface area contributed by atoms with Gasteiger partial charge in [0.1, 0.15) is 24.0 Å². The van der Waals surface area contributed by atoms with E-state index in [1.807, 2.05) is 0 Å². The van der Waals surface area contributed by atoms with E-state index < -0.39 is 29.7 Å². The van der Waals surface area contributed by atoms with Crippen LogP contribution in [-0.2, 0) is 36.8 Å². The summed E-state index contributed by atoms with van der Waals surface area (Å²) in [6, 6.07) is 4.37. The summed E-state index contributed by atoms with van der Waals surface area (Å²) in [5.74, 6) is -0.388. The zero-order valence-electron chi connectivity index (χ0n) is 18.7. The average molecular weight is 424 g/mol. The molecule has 0 radical (unpaired) electrons. The van der Waals surface area contributed by atoms with Gasteiger partial charge in [0, 0.05) is 13.3 Å². The lowest BCUT2D eigenvalue weighted by molar-refractivity contribution is -0.143. The molecule has 0 saturated carbocycles. The summed E-state index contributed by atoms with van der Waals surface area (Å²) in [5, 5.41) is 2.55. The summed E-state index contributed by atoms with van der Waals surface area (Å²) >= 11 is 0. The molecule has 0 aliphatic carbocycles. The smallest absolute Gasteiger partial charge is 0.408 e. The highest BCUT2D eigenvalue weighted by Gasteiger charge is 2.26. The molecule has 0 aliphatic rings. The predicted molar refractivity (Wildman–Crippen MR) is 111 cm³/mol. The van der Waals surface area contributed by atoms with E-state index in [-0.39, 0.29) is 13.0 Å². The molecule has 1 aromatic rings. The van der Waals surface area contributed by atoms with E-state index >= 15 is 0 Å². The molecule has 0 fully saturated rings. The van der Waals surface area contributed by atoms with E-state index in [4.69, 9.17) is 18.9 Å². The number of unbranched alkanes of at least 4 members (excludes halogenated alkanes) is 1. The highest BCUT2D eigenvalue weighted by atomic mass is 16.6. The van der Waals surface area contributed by atoms with Crippen LogP contribution in [0.5, 0.6) is 5.75 Å². The van der Waals surface area contributed by atoms with Gasteiger partial charge in [-0.3, -0.25) is 4.79 Å². The summed E-state index contributed by atoms with van der Waals surface area (Å²) in [5.41, 5.74) is 0.688. The maximum Gasteiger partial charge on any atom is 0.408 e. The largest absolute Gasteiger partial charge is 0.494 e. The zero-order chi connectivity index (χ0) is 22.7. The van der Waals surface area contributed by atoms with Crippen molar-refractivity contribution in [3.05, 3.63) is 29.3 Å². The monoisotopic (exact) mass is 423 g/mol. The number of hydrogen-bond acceptors (Lipinski definition) is 7. The van der Waals surface area contributed by atoms with Crippen LogP contribution in [0.25, 0.3) is 0 Å². The number of alkyl carbamates (subject to hydrolysis) is 1. The average Bonchev–Trinajstić information content (AvgIpc) is 2.65. The van der Waals surface area contributed by atoms with Crippen LogP contribution in [0.15, 0.2) is 18.2 Å². The summed E-state index contributed by atoms with van der Waals surface area (Å²) in [6.45, 7) is 9.19. The molecular formula is C22H33NO7. The Bertz CT molecular complexity index is 725. The minimum Gasteiger partial charge on any atom is -0.494 e. The van der Waals surface area contributed by atoms with Crippen LogP contribution in [0, 0.1) is 0 Å². The Hall–Kier alpha value is -2.77. The summed E-state index contributed by atoms with van der Waals surface area (Å²) in [6.07, 6.45) is 1.34. The third-order valence-electron chi connectivity index (χ3n) is 3.98. The molecule has 1 aromatic carbocycles. The van der Waals surface area contributed by atoms with E-state index in [1.165, 1.54) is 14.0 Å². The van der Waals surface area contributed by atoms with E-state index in [2.05, 4.69) is 12.2 Å². The van der Waals surface area contributed by atoms with Crippen molar-refractivity contribution in [1.82, 2.24) is 5.32 Å². The minimum absolute atomic E-state index is 0.0238. The second-order valence-corrected chi connectivity index (χ2v) is 7.84. The third kappa shape index (κ3) is 9.62. The lowest BCUT2D eigenvalue weighted by Crippen LogP contribution is -2.45. The molecule has 0 aromatic heterocycles. The molecule has 1 amide bonds. The van der Waals surface area contributed by atoms with Crippen LogP contribution in [0.3, 0.4) is 0 Å². The molecule has 0 spiro atoms. The first-order chi connectivity index (χ1) is 14.1. The number of benzene rings is 1. The summed E-state index contributed by atoms with van der Waals surface area (Å²) in [4.78, 5) is 35.7. The van der Waals surface area contributed by atoms with Gasteiger partial charge in [-0.2, -0.15) is 0 Å². The Labute approximate surface area is 178 Å². The SMILES string of the molecule is CCCCOc1ccc(CC(NC(=O)OC(C)(C)C)C(=O)OC)c(COC(C)=O)c1. The molecule has 0 aliphatic heterocycles. The van der Waals surface area contributed by atoms with Gasteiger partial charge in [0.2, 0.25) is 0 Å². The lowest BCUT2D eigenvalue weighted by Gasteiger charge is -2.23. The maximum absolute atomic E-state index is 12.2. The van der Waals surface area contributed by atoms with Gasteiger partial charge in [-0.05, 0) is 50.5 Å². The molecule has 8 nitrogen and oxygen atoms in total. The van der Waals surface area contributed by atoms with E-state index in [0.29, 0.717) is 23.5 Å². The van der Waals surface area contributed by atoms with Crippen LogP contribution in [0.2, 0.25) is 0 Å². The van der Waals surface area contributed by atoms with Crippen molar-refractivity contribution in [2.45, 2.75) is 72.1 Å². The molecular weight excluding hydrogens is 390 g/mol. The molecule has 30 heavy (non-hydrogen) atoms. The number of carbonyl (C=O) groups excluding carboxylic acids is 3. The van der Waals surface area contributed by atoms with E-state index in [1.54, 1.807) is 39.0 Å². The molecule has 168 valence electrons. The van der Waals surface area contributed by atoms with Gasteiger partial charge < -0.3 is 24.3 Å². The number of methoxy groups -OCH3 is 1. The Kier molecular flexibility index (Phi) is 10.1. The fraction of sp³-hybridized carbons (Fsp3) is 0.591. The second-order valence-electron chi connectivity index (χ2n) is 7.84. The Morgan fingerprint density at radius 2 is 1.83 bits per heavy atom. The predicted octanol–water partition coefficient (Wildman–Crippen LogP) is 3.54. The summed E-state index contributed by atoms with van der Waals surface area (Å²) in [7, 11) is 1.25.